The van der Waals surface area contributed by atoms with Gasteiger partial charge < -0.3 is 14.2 Å². The van der Waals surface area contributed by atoms with Crippen LogP contribution in [0.15, 0.2) is 51.5 Å². The van der Waals surface area contributed by atoms with E-state index in [-0.39, 0.29) is 6.10 Å². The van der Waals surface area contributed by atoms with Crippen molar-refractivity contribution >= 4 is 15.9 Å². The lowest BCUT2D eigenvalue weighted by Crippen LogP contribution is -2.10. The van der Waals surface area contributed by atoms with Gasteiger partial charge in [-0.3, -0.25) is 0 Å². The van der Waals surface area contributed by atoms with Crippen molar-refractivity contribution in [2.45, 2.75) is 19.1 Å². The van der Waals surface area contributed by atoms with Gasteiger partial charge in [0.15, 0.2) is 6.10 Å². The summed E-state index contributed by atoms with van der Waals surface area (Å²) < 4.78 is 12.4. The van der Waals surface area contributed by atoms with E-state index in [1.807, 2.05) is 24.3 Å². The third-order valence-electron chi connectivity index (χ3n) is 4.13. The van der Waals surface area contributed by atoms with E-state index in [9.17, 15) is 0 Å². The predicted molar refractivity (Wildman–Crippen MR) is 98.3 cm³/mol. The molecule has 3 aromatic rings. The van der Waals surface area contributed by atoms with Gasteiger partial charge in [0, 0.05) is 23.0 Å². The third-order valence-corrected chi connectivity index (χ3v) is 4.62. The minimum absolute atomic E-state index is 0.224. The van der Waals surface area contributed by atoms with Gasteiger partial charge in [0.25, 0.3) is 5.89 Å². The molecule has 0 radical (unpaired) electrons. The molecule has 1 aromatic heterocycles. The van der Waals surface area contributed by atoms with E-state index in [1.165, 1.54) is 5.56 Å². The van der Waals surface area contributed by atoms with E-state index in [0.29, 0.717) is 11.7 Å². The smallest absolute Gasteiger partial charge is 0.268 e. The highest BCUT2D eigenvalue weighted by atomic mass is 79.9. The van der Waals surface area contributed by atoms with Crippen LogP contribution in [0.25, 0.3) is 11.4 Å². The Kier molecular flexibility index (Phi) is 4.31. The summed E-state index contributed by atoms with van der Waals surface area (Å²) in [5.74, 6) is 1.98. The first-order valence-electron chi connectivity index (χ1n) is 8.11. The molecular weight excluding hydrogens is 382 g/mol. The summed E-state index contributed by atoms with van der Waals surface area (Å²) in [5, 5.41) is 4.12. The molecule has 0 fully saturated rings. The number of halogens is 1. The number of hydrogen-bond acceptors (Lipinski definition) is 5. The van der Waals surface area contributed by atoms with Crippen molar-refractivity contribution in [3.63, 3.8) is 0 Å². The van der Waals surface area contributed by atoms with Gasteiger partial charge in [-0.1, -0.05) is 45.4 Å². The number of fused-ring (bicyclic) bond motifs is 1. The number of nitrogens with zero attached hydrogens (tertiary/aromatic N) is 3. The molecule has 0 saturated heterocycles. The number of hydrogen-bond donors (Lipinski definition) is 0. The first-order chi connectivity index (χ1) is 12.1. The van der Waals surface area contributed by atoms with E-state index in [2.05, 4.69) is 63.3 Å². The molecule has 0 saturated carbocycles. The van der Waals surface area contributed by atoms with Crippen molar-refractivity contribution in [1.29, 1.82) is 0 Å². The standard InChI is InChI=1S/C19H18BrN3O2/c1-23(2)11-12-3-5-13(6-4-12)18-21-19(25-22-18)17-10-14-9-15(20)7-8-16(14)24-17/h3-9,17H,10-11H2,1-2H3. The maximum atomic E-state index is 5.94. The van der Waals surface area contributed by atoms with Gasteiger partial charge in [-0.25, -0.2) is 0 Å². The summed E-state index contributed by atoms with van der Waals surface area (Å²) in [6, 6.07) is 14.2. The van der Waals surface area contributed by atoms with Crippen molar-refractivity contribution in [2.24, 2.45) is 0 Å². The Bertz CT molecular complexity index is 890. The first kappa shape index (κ1) is 16.3. The summed E-state index contributed by atoms with van der Waals surface area (Å²) in [5.41, 5.74) is 3.33. The van der Waals surface area contributed by atoms with Crippen molar-refractivity contribution in [1.82, 2.24) is 15.0 Å². The van der Waals surface area contributed by atoms with E-state index in [0.717, 1.165) is 34.3 Å². The summed E-state index contributed by atoms with van der Waals surface area (Å²) in [6.45, 7) is 0.904. The Morgan fingerprint density at radius 3 is 2.72 bits per heavy atom. The molecular formula is C19H18BrN3O2. The normalized spacial score (nSPS) is 16.1. The Morgan fingerprint density at radius 1 is 1.16 bits per heavy atom. The number of rotatable bonds is 4. The third kappa shape index (κ3) is 3.45. The largest absolute Gasteiger partial charge is 0.480 e. The molecule has 128 valence electrons. The average Bonchev–Trinajstić information content (AvgIpc) is 3.21. The Balaban J connectivity index is 1.51. The van der Waals surface area contributed by atoms with Crippen LogP contribution in [0.4, 0.5) is 0 Å². The van der Waals surface area contributed by atoms with E-state index in [1.54, 1.807) is 0 Å². The van der Waals surface area contributed by atoms with Crippen molar-refractivity contribution in [3.8, 4) is 17.1 Å². The fourth-order valence-electron chi connectivity index (χ4n) is 2.96. The quantitative estimate of drug-likeness (QED) is 0.656. The van der Waals surface area contributed by atoms with Gasteiger partial charge in [-0.15, -0.1) is 0 Å². The molecule has 1 atom stereocenters. The van der Waals surface area contributed by atoms with Gasteiger partial charge in [0.2, 0.25) is 5.82 Å². The van der Waals surface area contributed by atoms with Crippen molar-refractivity contribution < 1.29 is 9.26 Å². The fourth-order valence-corrected chi connectivity index (χ4v) is 3.37. The summed E-state index contributed by atoms with van der Waals surface area (Å²) >= 11 is 3.49. The van der Waals surface area contributed by atoms with Crippen LogP contribution in [0, 0.1) is 0 Å². The van der Waals surface area contributed by atoms with Crippen LogP contribution >= 0.6 is 15.9 Å². The Hall–Kier alpha value is -2.18. The van der Waals surface area contributed by atoms with Gasteiger partial charge in [-0.05, 0) is 43.4 Å². The molecule has 1 aliphatic rings. The second-order valence-corrected chi connectivity index (χ2v) is 7.37. The molecule has 6 heteroatoms. The highest BCUT2D eigenvalue weighted by Gasteiger charge is 2.29. The maximum absolute atomic E-state index is 5.94. The second kappa shape index (κ2) is 6.61. The first-order valence-corrected chi connectivity index (χ1v) is 8.90. The van der Waals surface area contributed by atoms with Crippen molar-refractivity contribution in [3.05, 3.63) is 64.0 Å². The van der Waals surface area contributed by atoms with Crippen LogP contribution in [0.2, 0.25) is 0 Å². The highest BCUT2D eigenvalue weighted by molar-refractivity contribution is 9.10. The monoisotopic (exact) mass is 399 g/mol. The minimum Gasteiger partial charge on any atom is -0.480 e. The molecule has 0 spiro atoms. The number of aromatic nitrogens is 2. The van der Waals surface area contributed by atoms with Crippen LogP contribution in [0.5, 0.6) is 5.75 Å². The van der Waals surface area contributed by atoms with Crippen LogP contribution in [0.3, 0.4) is 0 Å². The zero-order valence-corrected chi connectivity index (χ0v) is 15.7. The lowest BCUT2D eigenvalue weighted by atomic mass is 10.1. The topological polar surface area (TPSA) is 51.4 Å². The lowest BCUT2D eigenvalue weighted by molar-refractivity contribution is 0.183. The lowest BCUT2D eigenvalue weighted by Gasteiger charge is -2.09. The predicted octanol–water partition coefficient (Wildman–Crippen LogP) is 4.24. The molecule has 0 aliphatic carbocycles. The molecule has 0 N–H and O–H groups in total. The molecule has 2 aromatic carbocycles. The van der Waals surface area contributed by atoms with Gasteiger partial charge in [0.1, 0.15) is 5.75 Å². The zero-order chi connectivity index (χ0) is 17.4. The summed E-state index contributed by atoms with van der Waals surface area (Å²) in [7, 11) is 4.11. The molecule has 1 aliphatic heterocycles. The van der Waals surface area contributed by atoms with Gasteiger partial charge in [-0.2, -0.15) is 4.98 Å². The molecule has 0 bridgehead atoms. The van der Waals surface area contributed by atoms with Gasteiger partial charge in [0.05, 0.1) is 0 Å². The summed E-state index contributed by atoms with van der Waals surface area (Å²) in [6.07, 6.45) is 0.511. The molecule has 0 amide bonds. The Labute approximate surface area is 154 Å². The van der Waals surface area contributed by atoms with Crippen LogP contribution in [-0.2, 0) is 13.0 Å². The van der Waals surface area contributed by atoms with Crippen LogP contribution < -0.4 is 4.74 Å². The average molecular weight is 400 g/mol. The minimum atomic E-state index is -0.224. The van der Waals surface area contributed by atoms with E-state index in [4.69, 9.17) is 9.26 Å². The number of ether oxygens (including phenoxy) is 1. The second-order valence-electron chi connectivity index (χ2n) is 6.45. The Morgan fingerprint density at radius 2 is 1.96 bits per heavy atom. The number of benzene rings is 2. The SMILES string of the molecule is CN(C)Cc1ccc(-c2noc(C3Cc4cc(Br)ccc4O3)n2)cc1. The highest BCUT2D eigenvalue weighted by Crippen LogP contribution is 2.37. The molecule has 4 rings (SSSR count). The maximum Gasteiger partial charge on any atom is 0.268 e. The molecule has 25 heavy (non-hydrogen) atoms. The zero-order valence-electron chi connectivity index (χ0n) is 14.1. The molecule has 5 nitrogen and oxygen atoms in total. The van der Waals surface area contributed by atoms with Crippen LogP contribution in [-0.4, -0.2) is 29.1 Å². The van der Waals surface area contributed by atoms with Gasteiger partial charge >= 0.3 is 0 Å². The summed E-state index contributed by atoms with van der Waals surface area (Å²) in [4.78, 5) is 6.67. The molecule has 1 unspecified atom stereocenters. The van der Waals surface area contributed by atoms with Crippen LogP contribution in [0.1, 0.15) is 23.1 Å². The fraction of sp³-hybridized carbons (Fsp3) is 0.263. The van der Waals surface area contributed by atoms with E-state index < -0.39 is 0 Å². The molecule has 2 heterocycles. The van der Waals surface area contributed by atoms with Crippen molar-refractivity contribution in [2.75, 3.05) is 14.1 Å². The van der Waals surface area contributed by atoms with E-state index >= 15 is 0 Å².